The molecule has 0 amide bonds. The number of anilines is 2. The van der Waals surface area contributed by atoms with E-state index in [4.69, 9.17) is 9.47 Å². The van der Waals surface area contributed by atoms with Crippen LogP contribution >= 0.6 is 0 Å². The first kappa shape index (κ1) is 30.3. The topological polar surface area (TPSA) is 67.9 Å². The zero-order valence-electron chi connectivity index (χ0n) is 23.2. The van der Waals surface area contributed by atoms with Gasteiger partial charge in [-0.2, -0.15) is 0 Å². The second kappa shape index (κ2) is 14.6. The van der Waals surface area contributed by atoms with Gasteiger partial charge in [-0.1, -0.05) is 59.8 Å². The van der Waals surface area contributed by atoms with Gasteiger partial charge in [0.15, 0.2) is 0 Å². The van der Waals surface area contributed by atoms with Crippen molar-refractivity contribution in [2.24, 2.45) is 17.8 Å². The number of hydrogen-bond donors (Lipinski definition) is 1. The van der Waals surface area contributed by atoms with E-state index in [1.165, 1.54) is 6.08 Å². The predicted molar refractivity (Wildman–Crippen MR) is 145 cm³/mol. The van der Waals surface area contributed by atoms with E-state index in [0.717, 1.165) is 41.3 Å². The molecule has 0 spiro atoms. The summed E-state index contributed by atoms with van der Waals surface area (Å²) in [5.74, 6) is 0.0108. The van der Waals surface area contributed by atoms with E-state index in [2.05, 4.69) is 62.7 Å². The van der Waals surface area contributed by atoms with Crippen molar-refractivity contribution >= 4 is 23.3 Å². The molecule has 1 aromatic carbocycles. The Hall–Kier alpha value is -2.76. The number of aryl methyl sites for hydroxylation is 1. The Bertz CT molecular complexity index is 873. The third kappa shape index (κ3) is 12.0. The Labute approximate surface area is 212 Å². The van der Waals surface area contributed by atoms with E-state index in [-0.39, 0.29) is 12.3 Å². The van der Waals surface area contributed by atoms with Crippen LogP contribution in [-0.4, -0.2) is 31.3 Å². The number of ether oxygens (including phenoxy) is 2. The third-order valence-corrected chi connectivity index (χ3v) is 4.97. The lowest BCUT2D eigenvalue weighted by molar-refractivity contribution is -0.192. The lowest BCUT2D eigenvalue weighted by Crippen LogP contribution is -2.32. The van der Waals surface area contributed by atoms with Crippen molar-refractivity contribution in [1.82, 2.24) is 0 Å². The lowest BCUT2D eigenvalue weighted by atomic mass is 10.0. The van der Waals surface area contributed by atoms with Crippen LogP contribution in [0, 0.1) is 17.8 Å². The summed E-state index contributed by atoms with van der Waals surface area (Å²) in [6.07, 6.45) is 1.19. The fourth-order valence-electron chi connectivity index (χ4n) is 3.61. The van der Waals surface area contributed by atoms with Gasteiger partial charge < -0.3 is 19.7 Å². The SMILES string of the molecule is C=C(C)Nc1cc(CCC(=O)OC(OC(=O)C=C(C)C)C(C)C)ccc1N(CC(C)C)CC(C)C. The summed E-state index contributed by atoms with van der Waals surface area (Å²) >= 11 is 0. The smallest absolute Gasteiger partial charge is 0.333 e. The highest BCUT2D eigenvalue weighted by Gasteiger charge is 2.22. The van der Waals surface area contributed by atoms with Crippen LogP contribution in [0.4, 0.5) is 11.4 Å². The summed E-state index contributed by atoms with van der Waals surface area (Å²) in [7, 11) is 0. The van der Waals surface area contributed by atoms with Crippen LogP contribution in [-0.2, 0) is 25.5 Å². The van der Waals surface area contributed by atoms with Crippen LogP contribution in [0.25, 0.3) is 0 Å². The average molecular weight is 487 g/mol. The van der Waals surface area contributed by atoms with Crippen molar-refractivity contribution in [1.29, 1.82) is 0 Å². The van der Waals surface area contributed by atoms with Crippen molar-refractivity contribution in [2.75, 3.05) is 23.3 Å². The van der Waals surface area contributed by atoms with Gasteiger partial charge in [-0.05, 0) is 56.7 Å². The summed E-state index contributed by atoms with van der Waals surface area (Å²) in [4.78, 5) is 26.9. The molecule has 1 aromatic rings. The number of nitrogens with zero attached hydrogens (tertiary/aromatic N) is 1. The standard InChI is InChI=1S/C29H46N2O4/c1-19(2)15-28(33)35-29(22(7)8)34-27(32)14-12-24-11-13-26(25(16-24)30-23(9)10)31(17-20(3)4)18-21(5)6/h11,13,15-16,20-22,29-30H,9,12,14,17-18H2,1-8,10H3. The summed E-state index contributed by atoms with van der Waals surface area (Å²) < 4.78 is 10.8. The molecule has 0 aromatic heterocycles. The first-order valence-corrected chi connectivity index (χ1v) is 12.6. The maximum absolute atomic E-state index is 12.5. The number of rotatable bonds is 14. The fourth-order valence-corrected chi connectivity index (χ4v) is 3.61. The van der Waals surface area contributed by atoms with E-state index >= 15 is 0 Å². The van der Waals surface area contributed by atoms with Crippen molar-refractivity contribution in [3.05, 3.63) is 47.7 Å². The molecule has 0 radical (unpaired) electrons. The van der Waals surface area contributed by atoms with Gasteiger partial charge >= 0.3 is 11.9 Å². The van der Waals surface area contributed by atoms with Gasteiger partial charge in [0.25, 0.3) is 0 Å². The molecule has 0 bridgehead atoms. The molecule has 35 heavy (non-hydrogen) atoms. The summed E-state index contributed by atoms with van der Waals surface area (Å²) in [6.45, 7) is 24.1. The second-order valence-corrected chi connectivity index (χ2v) is 10.7. The van der Waals surface area contributed by atoms with E-state index in [1.807, 2.05) is 34.6 Å². The second-order valence-electron chi connectivity index (χ2n) is 10.7. The molecule has 6 heteroatoms. The summed E-state index contributed by atoms with van der Waals surface area (Å²) in [6, 6.07) is 6.27. The van der Waals surface area contributed by atoms with Gasteiger partial charge in [-0.25, -0.2) is 4.79 Å². The van der Waals surface area contributed by atoms with Crippen molar-refractivity contribution in [2.45, 2.75) is 81.4 Å². The van der Waals surface area contributed by atoms with Crippen LogP contribution < -0.4 is 10.2 Å². The van der Waals surface area contributed by atoms with Crippen LogP contribution in [0.1, 0.15) is 74.3 Å². The number of carbonyl (C=O) groups excluding carboxylic acids is 2. The summed E-state index contributed by atoms with van der Waals surface area (Å²) in [5.41, 5.74) is 4.82. The highest BCUT2D eigenvalue weighted by molar-refractivity contribution is 5.83. The molecule has 0 aliphatic rings. The molecular formula is C29H46N2O4. The van der Waals surface area contributed by atoms with Crippen molar-refractivity contribution < 1.29 is 19.1 Å². The van der Waals surface area contributed by atoms with Gasteiger partial charge in [0, 0.05) is 37.2 Å². The van der Waals surface area contributed by atoms with Crippen LogP contribution in [0.5, 0.6) is 0 Å². The Kier molecular flexibility index (Phi) is 12.6. The normalized spacial score (nSPS) is 11.9. The fraction of sp³-hybridized carbons (Fsp3) is 0.586. The molecule has 196 valence electrons. The molecular weight excluding hydrogens is 440 g/mol. The Morgan fingerprint density at radius 3 is 2.09 bits per heavy atom. The lowest BCUT2D eigenvalue weighted by Gasteiger charge is -2.31. The van der Waals surface area contributed by atoms with Crippen molar-refractivity contribution in [3.8, 4) is 0 Å². The minimum Gasteiger partial charge on any atom is -0.425 e. The number of benzene rings is 1. The quantitative estimate of drug-likeness (QED) is 0.179. The Morgan fingerprint density at radius 1 is 1.00 bits per heavy atom. The third-order valence-electron chi connectivity index (χ3n) is 4.97. The van der Waals surface area contributed by atoms with Gasteiger partial charge in [-0.15, -0.1) is 0 Å². The number of carbonyl (C=O) groups is 2. The van der Waals surface area contributed by atoms with Crippen LogP contribution in [0.15, 0.2) is 42.1 Å². The van der Waals surface area contributed by atoms with Crippen molar-refractivity contribution in [3.63, 3.8) is 0 Å². The van der Waals surface area contributed by atoms with Crippen LogP contribution in [0.3, 0.4) is 0 Å². The number of nitrogens with one attached hydrogen (secondary N) is 1. The van der Waals surface area contributed by atoms with Gasteiger partial charge in [0.1, 0.15) is 0 Å². The predicted octanol–water partition coefficient (Wildman–Crippen LogP) is 6.72. The Morgan fingerprint density at radius 2 is 1.60 bits per heavy atom. The zero-order chi connectivity index (χ0) is 26.7. The molecule has 1 atom stereocenters. The van der Waals surface area contributed by atoms with Crippen LogP contribution in [0.2, 0.25) is 0 Å². The first-order valence-electron chi connectivity index (χ1n) is 12.6. The minimum atomic E-state index is -0.908. The average Bonchev–Trinajstić information content (AvgIpc) is 2.69. The van der Waals surface area contributed by atoms with Gasteiger partial charge in [0.2, 0.25) is 6.29 Å². The van der Waals surface area contributed by atoms with E-state index in [0.29, 0.717) is 18.3 Å². The highest BCUT2D eigenvalue weighted by Crippen LogP contribution is 2.30. The van der Waals surface area contributed by atoms with Gasteiger partial charge in [-0.3, -0.25) is 4.79 Å². The number of esters is 2. The number of allylic oxidation sites excluding steroid dienone is 2. The molecule has 0 heterocycles. The monoisotopic (exact) mass is 486 g/mol. The minimum absolute atomic E-state index is 0.146. The molecule has 0 aliphatic heterocycles. The molecule has 1 rings (SSSR count). The molecule has 0 saturated carbocycles. The summed E-state index contributed by atoms with van der Waals surface area (Å²) in [5, 5.41) is 3.40. The maximum atomic E-state index is 12.5. The largest absolute Gasteiger partial charge is 0.425 e. The van der Waals surface area contributed by atoms with E-state index in [9.17, 15) is 9.59 Å². The first-order chi connectivity index (χ1) is 16.3. The van der Waals surface area contributed by atoms with Gasteiger partial charge in [0.05, 0.1) is 11.4 Å². The Balaban J connectivity index is 2.97. The zero-order valence-corrected chi connectivity index (χ0v) is 23.2. The molecule has 0 fully saturated rings. The maximum Gasteiger partial charge on any atom is 0.333 e. The molecule has 0 aliphatic carbocycles. The van der Waals surface area contributed by atoms with E-state index in [1.54, 1.807) is 0 Å². The molecule has 6 nitrogen and oxygen atoms in total. The highest BCUT2D eigenvalue weighted by atomic mass is 16.7. The molecule has 1 N–H and O–H groups in total. The molecule has 1 unspecified atom stereocenters. The molecule has 0 saturated heterocycles. The van der Waals surface area contributed by atoms with E-state index < -0.39 is 18.2 Å². The number of hydrogen-bond acceptors (Lipinski definition) is 6.